The molecule has 0 radical (unpaired) electrons. The number of amides is 1. The molecule has 0 bridgehead atoms. The molecule has 0 unspecified atom stereocenters. The smallest absolute Gasteiger partial charge is 0.307 e. The Morgan fingerprint density at radius 3 is 2.58 bits per heavy atom. The molecule has 1 heterocycles. The highest BCUT2D eigenvalue weighted by molar-refractivity contribution is 5.92. The zero-order valence-corrected chi connectivity index (χ0v) is 11.0. The monoisotopic (exact) mass is 256 g/mol. The molecule has 0 aliphatic heterocycles. The van der Waals surface area contributed by atoms with Crippen LogP contribution in [0.15, 0.2) is 52.2 Å². The van der Waals surface area contributed by atoms with Gasteiger partial charge in [0.25, 0.3) is 0 Å². The van der Waals surface area contributed by atoms with Gasteiger partial charge in [-0.2, -0.15) is 5.10 Å². The van der Waals surface area contributed by atoms with Gasteiger partial charge >= 0.3 is 5.91 Å². The maximum Gasteiger partial charge on any atom is 0.307 e. The molecule has 1 aromatic carbocycles. The summed E-state index contributed by atoms with van der Waals surface area (Å²) in [6.45, 7) is 4.29. The number of carbonyl (C=O) groups excluding carboxylic acids is 1. The van der Waals surface area contributed by atoms with Gasteiger partial charge in [-0.3, -0.25) is 4.79 Å². The Balaban J connectivity index is 1.94. The minimum atomic E-state index is -0.361. The number of hydrogen-bond donors (Lipinski definition) is 1. The predicted octanol–water partition coefficient (Wildman–Crippen LogP) is 3.17. The topological polar surface area (TPSA) is 54.6 Å². The lowest BCUT2D eigenvalue weighted by Crippen LogP contribution is -2.16. The standard InChI is InChI=1S/C15H16N2O2/c1-11(2)13-7-5-12(6-8-13)10-16-17-15(18)14-4-3-9-19-14/h3-11H,1-2H3,(H,17,18)/b16-10-. The third-order valence-electron chi connectivity index (χ3n) is 2.73. The molecule has 1 amide bonds. The van der Waals surface area contributed by atoms with Crippen molar-refractivity contribution in [3.8, 4) is 0 Å². The third kappa shape index (κ3) is 3.55. The summed E-state index contributed by atoms with van der Waals surface area (Å²) in [4.78, 5) is 11.5. The number of benzene rings is 1. The fourth-order valence-electron chi connectivity index (χ4n) is 1.60. The highest BCUT2D eigenvalue weighted by Crippen LogP contribution is 2.13. The molecule has 1 N–H and O–H groups in total. The summed E-state index contributed by atoms with van der Waals surface area (Å²) in [6, 6.07) is 11.3. The van der Waals surface area contributed by atoms with Gasteiger partial charge < -0.3 is 4.42 Å². The van der Waals surface area contributed by atoms with Crippen LogP contribution in [-0.2, 0) is 0 Å². The van der Waals surface area contributed by atoms with Gasteiger partial charge in [-0.25, -0.2) is 5.43 Å². The SMILES string of the molecule is CC(C)c1ccc(/C=N\NC(=O)c2ccco2)cc1. The second-order valence-corrected chi connectivity index (χ2v) is 4.50. The Bertz CT molecular complexity index is 554. The van der Waals surface area contributed by atoms with Crippen LogP contribution in [0.25, 0.3) is 0 Å². The lowest BCUT2D eigenvalue weighted by Gasteiger charge is -2.04. The Morgan fingerprint density at radius 1 is 1.26 bits per heavy atom. The first-order chi connectivity index (χ1) is 9.16. The zero-order valence-electron chi connectivity index (χ0n) is 11.0. The number of furan rings is 1. The van der Waals surface area contributed by atoms with Crippen molar-refractivity contribution in [3.05, 3.63) is 59.5 Å². The molecule has 19 heavy (non-hydrogen) atoms. The summed E-state index contributed by atoms with van der Waals surface area (Å²) in [5.74, 6) is 0.386. The Labute approximate surface area is 112 Å². The molecule has 0 aliphatic carbocycles. The molecule has 0 aliphatic rings. The molecule has 1 aromatic heterocycles. The Morgan fingerprint density at radius 2 is 2.00 bits per heavy atom. The van der Waals surface area contributed by atoms with Crippen LogP contribution in [0, 0.1) is 0 Å². The summed E-state index contributed by atoms with van der Waals surface area (Å²) in [6.07, 6.45) is 3.05. The molecule has 4 nitrogen and oxygen atoms in total. The highest BCUT2D eigenvalue weighted by atomic mass is 16.3. The van der Waals surface area contributed by atoms with Gasteiger partial charge in [-0.05, 0) is 29.2 Å². The van der Waals surface area contributed by atoms with E-state index in [4.69, 9.17) is 4.42 Å². The van der Waals surface area contributed by atoms with E-state index in [1.807, 2.05) is 12.1 Å². The normalized spacial score (nSPS) is 11.1. The number of hydrazone groups is 1. The summed E-state index contributed by atoms with van der Waals surface area (Å²) in [5.41, 5.74) is 4.62. The van der Waals surface area contributed by atoms with Crippen molar-refractivity contribution in [1.29, 1.82) is 0 Å². The summed E-state index contributed by atoms with van der Waals surface area (Å²) in [7, 11) is 0. The predicted molar refractivity (Wildman–Crippen MR) is 74.3 cm³/mol. The van der Waals surface area contributed by atoms with Crippen molar-refractivity contribution in [1.82, 2.24) is 5.43 Å². The van der Waals surface area contributed by atoms with Crippen LogP contribution < -0.4 is 5.43 Å². The molecule has 2 aromatic rings. The number of nitrogens with zero attached hydrogens (tertiary/aromatic N) is 1. The Kier molecular flexibility index (Phi) is 4.13. The van der Waals surface area contributed by atoms with Crippen molar-refractivity contribution >= 4 is 12.1 Å². The van der Waals surface area contributed by atoms with Crippen LogP contribution in [0.5, 0.6) is 0 Å². The molecule has 0 atom stereocenters. The fraction of sp³-hybridized carbons (Fsp3) is 0.200. The first-order valence-corrected chi connectivity index (χ1v) is 6.13. The summed E-state index contributed by atoms with van der Waals surface area (Å²) < 4.78 is 4.95. The van der Waals surface area contributed by atoms with E-state index < -0.39 is 0 Å². The van der Waals surface area contributed by atoms with Crippen LogP contribution >= 0.6 is 0 Å². The zero-order chi connectivity index (χ0) is 13.7. The molecular formula is C15H16N2O2. The van der Waals surface area contributed by atoms with Crippen LogP contribution in [0.1, 0.15) is 41.4 Å². The first-order valence-electron chi connectivity index (χ1n) is 6.13. The molecular weight excluding hydrogens is 240 g/mol. The van der Waals surface area contributed by atoms with Crippen molar-refractivity contribution in [2.45, 2.75) is 19.8 Å². The second kappa shape index (κ2) is 6.00. The van der Waals surface area contributed by atoms with E-state index in [1.54, 1.807) is 18.3 Å². The summed E-state index contributed by atoms with van der Waals surface area (Å²) >= 11 is 0. The van der Waals surface area contributed by atoms with Gasteiger partial charge in [0.15, 0.2) is 5.76 Å². The van der Waals surface area contributed by atoms with Crippen LogP contribution in [0.3, 0.4) is 0 Å². The maximum absolute atomic E-state index is 11.5. The van der Waals surface area contributed by atoms with E-state index in [0.29, 0.717) is 5.92 Å². The average molecular weight is 256 g/mol. The third-order valence-corrected chi connectivity index (χ3v) is 2.73. The van der Waals surface area contributed by atoms with E-state index in [2.05, 4.69) is 36.5 Å². The molecule has 0 saturated heterocycles. The molecule has 0 saturated carbocycles. The number of rotatable bonds is 4. The lowest BCUT2D eigenvalue weighted by atomic mass is 10.0. The number of carbonyl (C=O) groups is 1. The molecule has 4 heteroatoms. The van der Waals surface area contributed by atoms with Gasteiger partial charge in [-0.15, -0.1) is 0 Å². The largest absolute Gasteiger partial charge is 0.459 e. The summed E-state index contributed by atoms with van der Waals surface area (Å²) in [5, 5.41) is 3.89. The van der Waals surface area contributed by atoms with Gasteiger partial charge in [0, 0.05) is 0 Å². The van der Waals surface area contributed by atoms with Crippen molar-refractivity contribution in [3.63, 3.8) is 0 Å². The fourth-order valence-corrected chi connectivity index (χ4v) is 1.60. The number of nitrogens with one attached hydrogen (secondary N) is 1. The molecule has 0 fully saturated rings. The van der Waals surface area contributed by atoms with Crippen molar-refractivity contribution in [2.75, 3.05) is 0 Å². The first kappa shape index (κ1) is 13.1. The van der Waals surface area contributed by atoms with E-state index in [1.165, 1.54) is 11.8 Å². The Hall–Kier alpha value is -2.36. The van der Waals surface area contributed by atoms with Crippen LogP contribution in [0.4, 0.5) is 0 Å². The van der Waals surface area contributed by atoms with Crippen molar-refractivity contribution in [2.24, 2.45) is 5.10 Å². The van der Waals surface area contributed by atoms with Crippen molar-refractivity contribution < 1.29 is 9.21 Å². The lowest BCUT2D eigenvalue weighted by molar-refractivity contribution is 0.0927. The maximum atomic E-state index is 11.5. The van der Waals surface area contributed by atoms with Gasteiger partial charge in [0.1, 0.15) is 0 Å². The van der Waals surface area contributed by atoms with Gasteiger partial charge in [-0.1, -0.05) is 38.1 Å². The molecule has 0 spiro atoms. The van der Waals surface area contributed by atoms with E-state index in [0.717, 1.165) is 5.56 Å². The molecule has 98 valence electrons. The van der Waals surface area contributed by atoms with E-state index in [9.17, 15) is 4.79 Å². The van der Waals surface area contributed by atoms with Crippen LogP contribution in [-0.4, -0.2) is 12.1 Å². The van der Waals surface area contributed by atoms with Gasteiger partial charge in [0.2, 0.25) is 0 Å². The van der Waals surface area contributed by atoms with Gasteiger partial charge in [0.05, 0.1) is 12.5 Å². The highest BCUT2D eigenvalue weighted by Gasteiger charge is 2.05. The molecule has 2 rings (SSSR count). The quantitative estimate of drug-likeness (QED) is 0.674. The average Bonchev–Trinajstić information content (AvgIpc) is 2.93. The van der Waals surface area contributed by atoms with E-state index in [-0.39, 0.29) is 11.7 Å². The minimum absolute atomic E-state index is 0.243. The number of hydrogen-bond acceptors (Lipinski definition) is 3. The minimum Gasteiger partial charge on any atom is -0.459 e. The van der Waals surface area contributed by atoms with E-state index >= 15 is 0 Å². The second-order valence-electron chi connectivity index (χ2n) is 4.50. The van der Waals surface area contributed by atoms with Crippen LogP contribution in [0.2, 0.25) is 0 Å².